The third-order valence-corrected chi connectivity index (χ3v) is 7.65. The number of carbonyl (C=O) groups is 1. The number of hydrogen-bond donors (Lipinski definition) is 2. The first-order valence-electron chi connectivity index (χ1n) is 11.1. The number of rotatable bonds is 6. The van der Waals surface area contributed by atoms with E-state index >= 15 is 0 Å². The molecule has 0 amide bonds. The van der Waals surface area contributed by atoms with Crippen LogP contribution in [0, 0.1) is 11.8 Å². The summed E-state index contributed by atoms with van der Waals surface area (Å²) in [5.41, 5.74) is 5.78. The molecule has 2 aromatic rings. The van der Waals surface area contributed by atoms with Crippen LogP contribution in [-0.2, 0) is 11.2 Å². The third-order valence-electron chi connectivity index (χ3n) is 7.65. The minimum atomic E-state index is 0.0884. The third kappa shape index (κ3) is 2.93. The number of nitrogens with one attached hydrogen (secondary N) is 1. The summed E-state index contributed by atoms with van der Waals surface area (Å²) in [5, 5.41) is 11.0. The van der Waals surface area contributed by atoms with Crippen LogP contribution in [0.15, 0.2) is 18.2 Å². The van der Waals surface area contributed by atoms with Crippen LogP contribution in [0.5, 0.6) is 0 Å². The number of nitrogens with zero attached hydrogens (tertiary/aromatic N) is 1. The van der Waals surface area contributed by atoms with Gasteiger partial charge in [0.1, 0.15) is 5.78 Å². The van der Waals surface area contributed by atoms with Crippen molar-refractivity contribution in [2.45, 2.75) is 63.3 Å². The second-order valence-electron chi connectivity index (χ2n) is 9.44. The number of aromatic nitrogens is 1. The summed E-state index contributed by atoms with van der Waals surface area (Å²) in [7, 11) is 2.20. The van der Waals surface area contributed by atoms with Gasteiger partial charge in [-0.15, -0.1) is 0 Å². The molecule has 0 bridgehead atoms. The first kappa shape index (κ1) is 18.4. The largest absolute Gasteiger partial charge is 0.396 e. The monoisotopic (exact) mass is 380 g/mol. The van der Waals surface area contributed by atoms with Crippen LogP contribution < -0.4 is 0 Å². The first-order chi connectivity index (χ1) is 13.6. The highest BCUT2D eigenvalue weighted by atomic mass is 16.3. The van der Waals surface area contributed by atoms with E-state index in [-0.39, 0.29) is 18.4 Å². The van der Waals surface area contributed by atoms with Gasteiger partial charge in [0.15, 0.2) is 0 Å². The Kier molecular flexibility index (Phi) is 4.59. The molecule has 150 valence electrons. The van der Waals surface area contributed by atoms with Crippen molar-refractivity contribution >= 4 is 16.7 Å². The zero-order chi connectivity index (χ0) is 19.4. The molecule has 2 fully saturated rings. The Morgan fingerprint density at radius 2 is 2.18 bits per heavy atom. The zero-order valence-electron chi connectivity index (χ0n) is 17.1. The Morgan fingerprint density at radius 1 is 1.36 bits per heavy atom. The summed E-state index contributed by atoms with van der Waals surface area (Å²) in [4.78, 5) is 19.2. The van der Waals surface area contributed by atoms with Crippen LogP contribution in [0.25, 0.3) is 10.9 Å². The zero-order valence-corrected chi connectivity index (χ0v) is 17.1. The average Bonchev–Trinajstić information content (AvgIpc) is 3.49. The van der Waals surface area contributed by atoms with E-state index in [9.17, 15) is 9.90 Å². The Labute approximate surface area is 167 Å². The van der Waals surface area contributed by atoms with E-state index in [1.807, 2.05) is 0 Å². The topological polar surface area (TPSA) is 56.3 Å². The molecule has 0 radical (unpaired) electrons. The number of ketones is 1. The van der Waals surface area contributed by atoms with E-state index in [1.54, 1.807) is 5.56 Å². The fraction of sp³-hybridized carbons (Fsp3) is 0.625. The van der Waals surface area contributed by atoms with Crippen molar-refractivity contribution in [3.05, 3.63) is 35.0 Å². The van der Waals surface area contributed by atoms with Crippen molar-refractivity contribution in [1.82, 2.24) is 9.88 Å². The lowest BCUT2D eigenvalue weighted by atomic mass is 9.70. The lowest BCUT2D eigenvalue weighted by molar-refractivity contribution is -0.126. The van der Waals surface area contributed by atoms with Crippen molar-refractivity contribution < 1.29 is 9.90 Å². The average molecular weight is 381 g/mol. The molecule has 4 atom stereocenters. The minimum absolute atomic E-state index is 0.0884. The fourth-order valence-corrected chi connectivity index (χ4v) is 5.80. The quantitative estimate of drug-likeness (QED) is 0.797. The number of H-pyrrole nitrogens is 1. The van der Waals surface area contributed by atoms with Gasteiger partial charge in [-0.1, -0.05) is 25.5 Å². The summed E-state index contributed by atoms with van der Waals surface area (Å²) in [6.45, 7) is 3.03. The lowest BCUT2D eigenvalue weighted by Gasteiger charge is -2.45. The molecule has 1 saturated carbocycles. The molecule has 1 aromatic heterocycles. The minimum Gasteiger partial charge on any atom is -0.396 e. The number of hydrogen-bond acceptors (Lipinski definition) is 3. The maximum atomic E-state index is 13.0. The molecule has 1 saturated heterocycles. The number of likely N-dealkylation sites (tertiary alicyclic amines) is 1. The Bertz CT molecular complexity index is 893. The van der Waals surface area contributed by atoms with Crippen molar-refractivity contribution in [3.63, 3.8) is 0 Å². The summed E-state index contributed by atoms with van der Waals surface area (Å²) < 4.78 is 0. The number of aliphatic hydroxyl groups is 1. The number of carbonyl (C=O) groups excluding carboxylic acids is 1. The van der Waals surface area contributed by atoms with Gasteiger partial charge in [-0.25, -0.2) is 0 Å². The van der Waals surface area contributed by atoms with Gasteiger partial charge in [-0.3, -0.25) is 4.79 Å². The number of Topliss-reactive ketones (excluding diaryl/α,β-unsaturated/α-hetero) is 1. The predicted octanol–water partition coefficient (Wildman–Crippen LogP) is 3.98. The Morgan fingerprint density at radius 3 is 2.89 bits per heavy atom. The molecule has 3 unspecified atom stereocenters. The van der Waals surface area contributed by atoms with Gasteiger partial charge in [0.2, 0.25) is 0 Å². The van der Waals surface area contributed by atoms with Crippen LogP contribution in [0.4, 0.5) is 0 Å². The molecule has 1 aliphatic heterocycles. The Hall–Kier alpha value is -1.65. The highest BCUT2D eigenvalue weighted by Gasteiger charge is 2.43. The number of benzene rings is 1. The normalized spacial score (nSPS) is 28.3. The molecule has 2 N–H and O–H groups in total. The predicted molar refractivity (Wildman–Crippen MR) is 112 cm³/mol. The number of piperidine rings is 1. The van der Waals surface area contributed by atoms with Gasteiger partial charge >= 0.3 is 0 Å². The molecule has 3 aliphatic rings. The van der Waals surface area contributed by atoms with E-state index in [1.165, 1.54) is 35.0 Å². The standard InChI is InChI=1S/C24H32N2O2/c1-3-14(13-27)9-22(28)16-10-18-17-5-4-6-20-23(17)19(11-21(18)26(2)12-16)24(25-20)15-7-8-15/h4-6,14-16,18,21,25,27H,3,7-13H2,1-2H3/t14?,16?,18?,21-/m1/s1. The van der Waals surface area contributed by atoms with Crippen LogP contribution in [0.2, 0.25) is 0 Å². The van der Waals surface area contributed by atoms with Crippen LogP contribution >= 0.6 is 0 Å². The molecule has 1 aromatic carbocycles. The van der Waals surface area contributed by atoms with Crippen LogP contribution in [0.1, 0.15) is 67.7 Å². The molecular formula is C24H32N2O2. The van der Waals surface area contributed by atoms with Gasteiger partial charge in [-0.05, 0) is 61.8 Å². The molecule has 0 spiro atoms. The van der Waals surface area contributed by atoms with Gasteiger partial charge in [0.05, 0.1) is 0 Å². The highest BCUT2D eigenvalue weighted by Crippen LogP contribution is 2.50. The molecular weight excluding hydrogens is 348 g/mol. The van der Waals surface area contributed by atoms with E-state index in [2.05, 4.69) is 42.1 Å². The van der Waals surface area contributed by atoms with E-state index in [0.717, 1.165) is 31.7 Å². The van der Waals surface area contributed by atoms with Crippen LogP contribution in [-0.4, -0.2) is 47.0 Å². The summed E-state index contributed by atoms with van der Waals surface area (Å²) in [6, 6.07) is 7.20. The summed E-state index contributed by atoms with van der Waals surface area (Å²) >= 11 is 0. The summed E-state index contributed by atoms with van der Waals surface area (Å²) in [6.07, 6.45) is 6.09. The molecule has 4 heteroatoms. The number of likely N-dealkylation sites (N-methyl/N-ethyl adjacent to an activating group) is 1. The van der Waals surface area contributed by atoms with Crippen molar-refractivity contribution in [2.24, 2.45) is 11.8 Å². The van der Waals surface area contributed by atoms with E-state index in [4.69, 9.17) is 0 Å². The van der Waals surface area contributed by atoms with E-state index in [0.29, 0.717) is 24.2 Å². The smallest absolute Gasteiger partial charge is 0.137 e. The van der Waals surface area contributed by atoms with E-state index < -0.39 is 0 Å². The van der Waals surface area contributed by atoms with Gasteiger partial charge in [0.25, 0.3) is 0 Å². The number of aliphatic hydroxyl groups excluding tert-OH is 1. The molecule has 2 heterocycles. The van der Waals surface area contributed by atoms with Gasteiger partial charge in [-0.2, -0.15) is 0 Å². The molecule has 5 rings (SSSR count). The van der Waals surface area contributed by atoms with Crippen molar-refractivity contribution in [3.8, 4) is 0 Å². The van der Waals surface area contributed by atoms with Gasteiger partial charge in [0, 0.05) is 54.0 Å². The first-order valence-corrected chi connectivity index (χ1v) is 11.1. The fourth-order valence-electron chi connectivity index (χ4n) is 5.80. The summed E-state index contributed by atoms with van der Waals surface area (Å²) in [5.74, 6) is 1.71. The maximum Gasteiger partial charge on any atom is 0.137 e. The van der Waals surface area contributed by atoms with Crippen molar-refractivity contribution in [2.75, 3.05) is 20.2 Å². The van der Waals surface area contributed by atoms with Gasteiger partial charge < -0.3 is 15.0 Å². The lowest BCUT2D eigenvalue weighted by Crippen LogP contribution is -2.49. The maximum absolute atomic E-state index is 13.0. The van der Waals surface area contributed by atoms with Crippen LogP contribution in [0.3, 0.4) is 0 Å². The highest BCUT2D eigenvalue weighted by molar-refractivity contribution is 5.90. The number of aromatic amines is 1. The second-order valence-corrected chi connectivity index (χ2v) is 9.44. The SMILES string of the molecule is CCC(CO)CC(=O)C1CC2c3cccc4[nH]c(C5CC5)c(c34)C[C@H]2N(C)C1. The molecule has 28 heavy (non-hydrogen) atoms. The Balaban J connectivity index is 1.47. The molecule has 4 nitrogen and oxygen atoms in total. The molecule has 2 aliphatic carbocycles. The second kappa shape index (κ2) is 7.00. The van der Waals surface area contributed by atoms with Crippen molar-refractivity contribution in [1.29, 1.82) is 0 Å². The number of fused-ring (bicyclic) bond motifs is 2.